The van der Waals surface area contributed by atoms with Gasteiger partial charge in [0.1, 0.15) is 5.58 Å². The molecule has 5 aromatic heterocycles. The molecule has 7 nitrogen and oxygen atoms in total. The maximum absolute atomic E-state index is 6.70. The fraction of sp³-hybridized carbons (Fsp3) is 0.167. The molecule has 0 aliphatic rings. The molecule has 0 atom stereocenters. The van der Waals surface area contributed by atoms with E-state index in [-0.39, 0.29) is 25.5 Å². The molecule has 0 aliphatic heterocycles. The molecule has 0 N–H and O–H groups in total. The van der Waals surface area contributed by atoms with Gasteiger partial charge in [0.2, 0.25) is 0 Å². The second kappa shape index (κ2) is 17.8. The zero-order valence-electron chi connectivity index (χ0n) is 39.2. The molecule has 0 amide bonds. The number of pyridine rings is 2. The van der Waals surface area contributed by atoms with Gasteiger partial charge in [-0.1, -0.05) is 120 Å². The second-order valence-corrected chi connectivity index (χ2v) is 18.9. The third kappa shape index (κ3) is 7.68. The van der Waals surface area contributed by atoms with Crippen molar-refractivity contribution in [3.63, 3.8) is 0 Å². The van der Waals surface area contributed by atoms with E-state index in [0.717, 1.165) is 88.5 Å². The van der Waals surface area contributed by atoms with Gasteiger partial charge in [-0.05, 0) is 82.5 Å². The topological polar surface area (TPSA) is 74.6 Å². The van der Waals surface area contributed by atoms with Crippen molar-refractivity contribution in [1.82, 2.24) is 29.1 Å². The Hall–Kier alpha value is -7.25. The zero-order chi connectivity index (χ0) is 46.0. The maximum atomic E-state index is 6.70. The Bertz CT molecular complexity index is 3790. The van der Waals surface area contributed by atoms with Crippen LogP contribution in [0.1, 0.15) is 77.0 Å². The van der Waals surface area contributed by atoms with E-state index in [0.29, 0.717) is 11.8 Å². The number of furan rings is 1. The predicted molar refractivity (Wildman–Crippen MR) is 275 cm³/mol. The first kappa shape index (κ1) is 44.6. The van der Waals surface area contributed by atoms with Gasteiger partial charge >= 0.3 is 0 Å². The van der Waals surface area contributed by atoms with Gasteiger partial charge in [0.15, 0.2) is 0 Å². The van der Waals surface area contributed by atoms with Crippen molar-refractivity contribution < 1.29 is 24.5 Å². The molecule has 0 saturated heterocycles. The van der Waals surface area contributed by atoms with Gasteiger partial charge in [0, 0.05) is 71.6 Å². The Kier molecular flexibility index (Phi) is 11.6. The van der Waals surface area contributed by atoms with E-state index in [1.54, 1.807) is 6.20 Å². The van der Waals surface area contributed by atoms with E-state index in [1.165, 1.54) is 28.1 Å². The summed E-state index contributed by atoms with van der Waals surface area (Å²) in [6.45, 7) is 15.8. The smallest absolute Gasteiger partial charge is 0.121 e. The van der Waals surface area contributed by atoms with Crippen LogP contribution in [0, 0.1) is 12.1 Å². The number of para-hydroxylation sites is 6. The van der Waals surface area contributed by atoms with E-state index >= 15 is 0 Å². The molecular weight excluding hydrogens is 1010 g/mol. The van der Waals surface area contributed by atoms with Crippen LogP contribution in [0.3, 0.4) is 0 Å². The van der Waals surface area contributed by atoms with Crippen LogP contribution >= 0.6 is 0 Å². The van der Waals surface area contributed by atoms with Crippen LogP contribution in [0.15, 0.2) is 169 Å². The number of fused-ring (bicyclic) bond motifs is 8. The summed E-state index contributed by atoms with van der Waals surface area (Å²) in [4.78, 5) is 19.3. The molecule has 337 valence electrons. The average molecular weight is 1060 g/mol. The quantitative estimate of drug-likeness (QED) is 0.123. The molecule has 0 aliphatic carbocycles. The molecule has 7 aromatic carbocycles. The van der Waals surface area contributed by atoms with E-state index in [2.05, 4.69) is 178 Å². The first-order valence-electron chi connectivity index (χ1n) is 23.1. The van der Waals surface area contributed by atoms with Crippen LogP contribution in [0.4, 0.5) is 0 Å². The van der Waals surface area contributed by atoms with Crippen molar-refractivity contribution in [1.29, 1.82) is 0 Å². The van der Waals surface area contributed by atoms with Crippen LogP contribution in [0.25, 0.3) is 99.8 Å². The molecule has 12 rings (SSSR count). The van der Waals surface area contributed by atoms with Gasteiger partial charge < -0.3 is 13.6 Å². The fourth-order valence-electron chi connectivity index (χ4n) is 9.62. The van der Waals surface area contributed by atoms with E-state index < -0.39 is 0 Å². The minimum atomic E-state index is 0. The summed E-state index contributed by atoms with van der Waals surface area (Å²) in [5, 5.41) is 5.19. The Balaban J connectivity index is 0.000000178. The third-order valence-corrected chi connectivity index (χ3v) is 12.9. The Morgan fingerprint density at radius 1 is 0.574 bits per heavy atom. The van der Waals surface area contributed by atoms with Crippen molar-refractivity contribution in [2.45, 2.75) is 65.7 Å². The van der Waals surface area contributed by atoms with Gasteiger partial charge in [0.25, 0.3) is 0 Å². The second-order valence-electron chi connectivity index (χ2n) is 18.9. The summed E-state index contributed by atoms with van der Waals surface area (Å²) >= 11 is 0. The number of aromatic nitrogens is 6. The zero-order valence-corrected chi connectivity index (χ0v) is 41.6. The van der Waals surface area contributed by atoms with Gasteiger partial charge in [-0.2, -0.15) is 0 Å². The fourth-order valence-corrected chi connectivity index (χ4v) is 9.62. The number of imidazole rings is 2. The Labute approximate surface area is 409 Å². The Morgan fingerprint density at radius 2 is 1.25 bits per heavy atom. The van der Waals surface area contributed by atoms with Crippen LogP contribution in [-0.2, 0) is 25.5 Å². The van der Waals surface area contributed by atoms with Crippen LogP contribution in [0.2, 0.25) is 0 Å². The van der Waals surface area contributed by atoms with Gasteiger partial charge in [-0.25, -0.2) is 0 Å². The average Bonchev–Trinajstić information content (AvgIpc) is 4.05. The van der Waals surface area contributed by atoms with Crippen molar-refractivity contribution in [3.05, 3.63) is 193 Å². The van der Waals surface area contributed by atoms with E-state index in [1.807, 2.05) is 54.9 Å². The summed E-state index contributed by atoms with van der Waals surface area (Å²) < 4.78 is 11.3. The summed E-state index contributed by atoms with van der Waals surface area (Å²) in [5.41, 5.74) is 14.8. The minimum absolute atomic E-state index is 0. The number of hydrogen-bond donors (Lipinski definition) is 0. The molecule has 0 bridgehead atoms. The molecule has 12 aromatic rings. The van der Waals surface area contributed by atoms with Crippen LogP contribution in [0.5, 0.6) is 0 Å². The van der Waals surface area contributed by atoms with Crippen molar-refractivity contribution in [3.8, 4) is 34.2 Å². The van der Waals surface area contributed by atoms with Crippen molar-refractivity contribution in [2.24, 2.45) is 0 Å². The molecule has 8 heteroatoms. The first-order chi connectivity index (χ1) is 32.5. The molecule has 0 fully saturated rings. The summed E-state index contributed by atoms with van der Waals surface area (Å²) in [5.74, 6) is 2.43. The van der Waals surface area contributed by atoms with Crippen molar-refractivity contribution >= 4 is 65.7 Å². The molecule has 5 heterocycles. The minimum Gasteiger partial charge on any atom is -0.501 e. The monoisotopic (exact) mass is 1060 g/mol. The predicted octanol–water partition coefficient (Wildman–Crippen LogP) is 15.5. The number of nitrogens with zero attached hydrogens (tertiary/aromatic N) is 6. The van der Waals surface area contributed by atoms with Gasteiger partial charge in [-0.3, -0.25) is 19.9 Å². The largest absolute Gasteiger partial charge is 0.501 e. The number of rotatable bonds is 6. The van der Waals surface area contributed by atoms with Crippen LogP contribution in [-0.4, -0.2) is 29.1 Å². The normalized spacial score (nSPS) is 11.9. The standard InChI is InChI=1S/C37H29N4O.C23H21N2.Ir/c1-21(2)24-9-7-10-25(22(3)4)35(24)41-33-14-6-5-13-31(33)40-37(41)27-12-8-11-26-29-17-32-28(18-34(29)42-36(26)27)30-20-38-16-15-23(30)19-39-32;1-23(2,3)18-13-7-9-15-20(18)25-21-16-10-8-14-19(21)24-22(25)17-11-5-4-6-12-17;/h5-11,13-22H,1-4H3;4-11,13-16H,1-3H3;/q2*-1;. The first-order valence-corrected chi connectivity index (χ1v) is 23.1. The molecule has 0 unspecified atom stereocenters. The molecule has 0 spiro atoms. The summed E-state index contributed by atoms with van der Waals surface area (Å²) in [6, 6.07) is 57.1. The number of hydrogen-bond acceptors (Lipinski definition) is 5. The van der Waals surface area contributed by atoms with Gasteiger partial charge in [0.05, 0.1) is 44.8 Å². The van der Waals surface area contributed by atoms with Gasteiger partial charge in [-0.15, -0.1) is 54.1 Å². The number of benzene rings is 7. The SMILES string of the molecule is CC(C)(C)c1ccccc1-n1c(-c2[c-]cccc2)nc2ccccc21.CC(C)c1cccc(C(C)C)c1-n1c(-c2[c-]ccc3c2oc2cc4c(cc23)ncc2ccncc24)nc2ccccc21.[Ir]. The molecular formula is C60H50IrN6O-2. The molecule has 68 heavy (non-hydrogen) atoms. The maximum Gasteiger partial charge on any atom is 0.121 e. The summed E-state index contributed by atoms with van der Waals surface area (Å²) in [7, 11) is 0. The third-order valence-electron chi connectivity index (χ3n) is 12.9. The van der Waals surface area contributed by atoms with E-state index in [9.17, 15) is 0 Å². The van der Waals surface area contributed by atoms with Crippen molar-refractivity contribution in [2.75, 3.05) is 0 Å². The van der Waals surface area contributed by atoms with Crippen LogP contribution < -0.4 is 0 Å². The summed E-state index contributed by atoms with van der Waals surface area (Å²) in [6.07, 6.45) is 5.60. The molecule has 1 radical (unpaired) electrons. The Morgan fingerprint density at radius 3 is 1.96 bits per heavy atom. The molecule has 0 saturated carbocycles. The van der Waals surface area contributed by atoms with E-state index in [4.69, 9.17) is 19.4 Å².